The summed E-state index contributed by atoms with van der Waals surface area (Å²) in [6, 6.07) is 33.6. The Labute approximate surface area is 229 Å². The molecule has 0 bridgehead atoms. The molecule has 1 aromatic heterocycles. The maximum absolute atomic E-state index is 6.47. The minimum absolute atomic E-state index is 0.304. The molecular weight excluding hydrogens is 494 g/mol. The first kappa shape index (κ1) is 26.8. The average Bonchev–Trinajstić information content (AvgIpc) is 3.32. The van der Waals surface area contributed by atoms with Gasteiger partial charge in [-0.3, -0.25) is 0 Å². The molecule has 1 aliphatic heterocycles. The molecule has 1 aliphatic rings. The number of nitrogens with zero attached hydrogens (tertiary/aromatic N) is 1. The number of hydrogen-bond donors (Lipinski definition) is 0. The van der Waals surface area contributed by atoms with Gasteiger partial charge in [0.25, 0.3) is 5.88 Å². The van der Waals surface area contributed by atoms with Gasteiger partial charge in [-0.15, -0.1) is 0 Å². The summed E-state index contributed by atoms with van der Waals surface area (Å²) in [7, 11) is 1.58. The highest BCUT2D eigenvalue weighted by Crippen LogP contribution is 2.33. The van der Waals surface area contributed by atoms with E-state index >= 15 is 0 Å². The lowest BCUT2D eigenvalue weighted by Gasteiger charge is -2.25. The van der Waals surface area contributed by atoms with Crippen molar-refractivity contribution in [2.75, 3.05) is 13.7 Å². The Bertz CT molecular complexity index is 1260. The number of hydrogen-bond acceptors (Lipinski definition) is 7. The van der Waals surface area contributed by atoms with Gasteiger partial charge in [-0.25, -0.2) is 4.98 Å². The van der Waals surface area contributed by atoms with E-state index in [-0.39, 0.29) is 0 Å². The predicted octanol–water partition coefficient (Wildman–Crippen LogP) is 5.58. The minimum Gasteiger partial charge on any atom is -0.491 e. The fraction of sp³-hybridized carbons (Fsp3) is 0.281. The highest BCUT2D eigenvalue weighted by atomic mass is 16.7. The molecule has 202 valence electrons. The zero-order valence-electron chi connectivity index (χ0n) is 21.9. The van der Waals surface area contributed by atoms with Crippen molar-refractivity contribution in [2.24, 2.45) is 0 Å². The third-order valence-electron chi connectivity index (χ3n) is 6.42. The van der Waals surface area contributed by atoms with Crippen LogP contribution >= 0.6 is 0 Å². The fourth-order valence-electron chi connectivity index (χ4n) is 4.43. The molecular formula is C32H33NO6. The number of benzene rings is 3. The molecule has 0 saturated carbocycles. The maximum Gasteiger partial charge on any atom is 0.259 e. The fourth-order valence-corrected chi connectivity index (χ4v) is 4.43. The monoisotopic (exact) mass is 527 g/mol. The summed E-state index contributed by atoms with van der Waals surface area (Å²) >= 11 is 0. The molecule has 0 N–H and O–H groups in total. The molecule has 7 nitrogen and oxygen atoms in total. The van der Waals surface area contributed by atoms with E-state index < -0.39 is 24.6 Å². The summed E-state index contributed by atoms with van der Waals surface area (Å²) in [4.78, 5) is 4.36. The van der Waals surface area contributed by atoms with Crippen LogP contribution in [0.25, 0.3) is 0 Å². The third-order valence-corrected chi connectivity index (χ3v) is 6.42. The van der Waals surface area contributed by atoms with Crippen molar-refractivity contribution in [1.82, 2.24) is 4.98 Å². The number of methoxy groups -OCH3 is 1. The van der Waals surface area contributed by atoms with Crippen molar-refractivity contribution < 1.29 is 28.4 Å². The molecule has 39 heavy (non-hydrogen) atoms. The smallest absolute Gasteiger partial charge is 0.259 e. The van der Waals surface area contributed by atoms with Gasteiger partial charge >= 0.3 is 0 Å². The van der Waals surface area contributed by atoms with Crippen LogP contribution in [0.1, 0.15) is 16.7 Å². The highest BCUT2D eigenvalue weighted by Gasteiger charge is 2.48. The lowest BCUT2D eigenvalue weighted by molar-refractivity contribution is -0.140. The van der Waals surface area contributed by atoms with Crippen molar-refractivity contribution in [3.63, 3.8) is 0 Å². The van der Waals surface area contributed by atoms with Gasteiger partial charge in [-0.1, -0.05) is 91.0 Å². The van der Waals surface area contributed by atoms with Crippen LogP contribution in [0.5, 0.6) is 11.6 Å². The van der Waals surface area contributed by atoms with Gasteiger partial charge in [0.15, 0.2) is 5.75 Å². The number of ether oxygens (including phenoxy) is 6. The Hall–Kier alpha value is -3.75. The Kier molecular flexibility index (Phi) is 9.55. The first-order chi connectivity index (χ1) is 19.3. The van der Waals surface area contributed by atoms with E-state index in [1.54, 1.807) is 25.4 Å². The standard InChI is InChI=1S/C32H33NO6/c1-34-27-18-11-19-33-31(27)39-32-30(37-22-26-16-9-4-10-17-26)29(36-21-25-14-7-3-8-15-25)28(38-32)23-35-20-24-12-5-2-6-13-24/h2-19,28-30,32H,20-23H2,1H3/t28-,29-,30-,32?/m1/s1. The van der Waals surface area contributed by atoms with E-state index in [1.165, 1.54) is 0 Å². The van der Waals surface area contributed by atoms with E-state index in [9.17, 15) is 0 Å². The molecule has 2 heterocycles. The Morgan fingerprint density at radius 2 is 1.23 bits per heavy atom. The molecule has 1 unspecified atom stereocenters. The van der Waals surface area contributed by atoms with Crippen LogP contribution in [-0.4, -0.2) is 43.3 Å². The van der Waals surface area contributed by atoms with Gasteiger partial charge in [0.1, 0.15) is 18.3 Å². The van der Waals surface area contributed by atoms with Crippen molar-refractivity contribution in [2.45, 2.75) is 44.4 Å². The van der Waals surface area contributed by atoms with E-state index in [0.29, 0.717) is 38.1 Å². The first-order valence-electron chi connectivity index (χ1n) is 13.0. The zero-order valence-corrected chi connectivity index (χ0v) is 21.9. The summed E-state index contributed by atoms with van der Waals surface area (Å²) in [5, 5.41) is 0. The lowest BCUT2D eigenvalue weighted by atomic mass is 10.1. The first-order valence-corrected chi connectivity index (χ1v) is 13.0. The summed E-state index contributed by atoms with van der Waals surface area (Å²) in [5.41, 5.74) is 3.18. The number of pyridine rings is 1. The molecule has 0 amide bonds. The SMILES string of the molecule is COc1cccnc1OC1O[C@H](COCc2ccccc2)[C@@H](OCc2ccccc2)[C@H]1OCc1ccccc1. The molecule has 1 saturated heterocycles. The topological polar surface area (TPSA) is 68.3 Å². The number of aromatic nitrogens is 1. The second-order valence-electron chi connectivity index (χ2n) is 9.19. The normalized spacial score (nSPS) is 20.5. The van der Waals surface area contributed by atoms with Crippen LogP contribution in [0, 0.1) is 0 Å². The Morgan fingerprint density at radius 3 is 1.82 bits per heavy atom. The molecule has 3 aromatic carbocycles. The van der Waals surface area contributed by atoms with Gasteiger partial charge in [0, 0.05) is 6.20 Å². The summed E-state index contributed by atoms with van der Waals surface area (Å²) in [5.74, 6) is 0.833. The lowest BCUT2D eigenvalue weighted by Crippen LogP contribution is -2.40. The summed E-state index contributed by atoms with van der Waals surface area (Å²) < 4.78 is 37.1. The predicted molar refractivity (Wildman–Crippen MR) is 146 cm³/mol. The summed E-state index contributed by atoms with van der Waals surface area (Å²) in [6.45, 7) is 1.53. The Morgan fingerprint density at radius 1 is 0.667 bits per heavy atom. The van der Waals surface area contributed by atoms with E-state index in [0.717, 1.165) is 16.7 Å². The van der Waals surface area contributed by atoms with Gasteiger partial charge in [-0.2, -0.15) is 0 Å². The quantitative estimate of drug-likeness (QED) is 0.225. The van der Waals surface area contributed by atoms with Crippen LogP contribution in [0.3, 0.4) is 0 Å². The van der Waals surface area contributed by atoms with E-state index in [1.807, 2.05) is 91.0 Å². The summed E-state index contributed by atoms with van der Waals surface area (Å²) in [6.07, 6.45) is -0.576. The van der Waals surface area contributed by atoms with Gasteiger partial charge in [0.05, 0.1) is 33.5 Å². The zero-order chi connectivity index (χ0) is 26.7. The van der Waals surface area contributed by atoms with E-state index in [2.05, 4.69) is 4.98 Å². The van der Waals surface area contributed by atoms with Gasteiger partial charge in [0.2, 0.25) is 6.29 Å². The molecule has 4 aromatic rings. The molecule has 0 spiro atoms. The van der Waals surface area contributed by atoms with Crippen LogP contribution in [0.15, 0.2) is 109 Å². The van der Waals surface area contributed by atoms with Crippen LogP contribution in [0.2, 0.25) is 0 Å². The van der Waals surface area contributed by atoms with Crippen LogP contribution in [-0.2, 0) is 38.8 Å². The highest BCUT2D eigenvalue weighted by molar-refractivity contribution is 5.32. The van der Waals surface area contributed by atoms with Crippen molar-refractivity contribution in [1.29, 1.82) is 0 Å². The van der Waals surface area contributed by atoms with Gasteiger partial charge in [-0.05, 0) is 28.8 Å². The van der Waals surface area contributed by atoms with Crippen molar-refractivity contribution in [3.05, 3.63) is 126 Å². The number of rotatable bonds is 13. The second-order valence-corrected chi connectivity index (χ2v) is 9.19. The minimum atomic E-state index is -0.788. The van der Waals surface area contributed by atoms with Crippen molar-refractivity contribution >= 4 is 0 Å². The van der Waals surface area contributed by atoms with Gasteiger partial charge < -0.3 is 28.4 Å². The molecule has 5 rings (SSSR count). The maximum atomic E-state index is 6.47. The van der Waals surface area contributed by atoms with Crippen LogP contribution < -0.4 is 9.47 Å². The molecule has 1 fully saturated rings. The largest absolute Gasteiger partial charge is 0.491 e. The van der Waals surface area contributed by atoms with Crippen molar-refractivity contribution in [3.8, 4) is 11.6 Å². The molecule has 4 atom stereocenters. The average molecular weight is 528 g/mol. The van der Waals surface area contributed by atoms with E-state index in [4.69, 9.17) is 28.4 Å². The molecule has 0 radical (unpaired) electrons. The Balaban J connectivity index is 1.36. The second kappa shape index (κ2) is 13.9. The van der Waals surface area contributed by atoms with Crippen LogP contribution in [0.4, 0.5) is 0 Å². The third kappa shape index (κ3) is 7.43. The molecule has 7 heteroatoms. The molecule has 0 aliphatic carbocycles.